The highest BCUT2D eigenvalue weighted by molar-refractivity contribution is 7.71. The summed E-state index contributed by atoms with van der Waals surface area (Å²) in [6, 6.07) is 4.10. The first kappa shape index (κ1) is 12.2. The lowest BCUT2D eigenvalue weighted by atomic mass is 10.2. The number of aromatic nitrogens is 4. The third kappa shape index (κ3) is 1.92. The first-order valence-electron chi connectivity index (χ1n) is 6.24. The van der Waals surface area contributed by atoms with Crippen LogP contribution in [0.15, 0.2) is 22.8 Å². The van der Waals surface area contributed by atoms with E-state index in [-0.39, 0.29) is 6.04 Å². The Balaban J connectivity index is 2.09. The lowest BCUT2D eigenvalue weighted by molar-refractivity contribution is 0.448. The van der Waals surface area contributed by atoms with Crippen LogP contribution in [0.4, 0.5) is 0 Å². The van der Waals surface area contributed by atoms with Gasteiger partial charge >= 0.3 is 0 Å². The van der Waals surface area contributed by atoms with Crippen molar-refractivity contribution in [3.8, 4) is 0 Å². The maximum Gasteiger partial charge on any atom is 0.179 e. The first-order chi connectivity index (χ1) is 9.08. The molecular formula is C13H16N4OS. The summed E-state index contributed by atoms with van der Waals surface area (Å²) >= 11 is 5.43. The topological polar surface area (TPSA) is 51.7 Å². The van der Waals surface area contributed by atoms with Gasteiger partial charge < -0.3 is 9.40 Å². The summed E-state index contributed by atoms with van der Waals surface area (Å²) in [5, 5.41) is 4.43. The van der Waals surface area contributed by atoms with Crippen LogP contribution < -0.4 is 0 Å². The highest BCUT2D eigenvalue weighted by atomic mass is 32.1. The molecule has 3 heterocycles. The summed E-state index contributed by atoms with van der Waals surface area (Å²) in [7, 11) is 1.94. The molecule has 0 aliphatic heterocycles. The normalized spacial score (nSPS) is 13.2. The first-order valence-corrected chi connectivity index (χ1v) is 6.65. The number of aromatic amines is 1. The van der Waals surface area contributed by atoms with Crippen molar-refractivity contribution in [3.63, 3.8) is 0 Å². The van der Waals surface area contributed by atoms with E-state index in [0.29, 0.717) is 0 Å². The van der Waals surface area contributed by atoms with E-state index in [9.17, 15) is 0 Å². The molecule has 3 aromatic rings. The third-order valence-electron chi connectivity index (χ3n) is 3.39. The van der Waals surface area contributed by atoms with Gasteiger partial charge in [0.1, 0.15) is 11.3 Å². The number of fused-ring (bicyclic) bond motifs is 1. The molecule has 0 radical (unpaired) electrons. The number of aryl methyl sites for hydroxylation is 2. The van der Waals surface area contributed by atoms with Crippen molar-refractivity contribution in [1.82, 2.24) is 19.3 Å². The van der Waals surface area contributed by atoms with Crippen LogP contribution in [0.1, 0.15) is 24.4 Å². The quantitative estimate of drug-likeness (QED) is 0.748. The minimum atomic E-state index is 0.210. The molecule has 3 rings (SSSR count). The molecule has 19 heavy (non-hydrogen) atoms. The van der Waals surface area contributed by atoms with Gasteiger partial charge in [-0.2, -0.15) is 5.10 Å². The molecule has 0 saturated carbocycles. The fourth-order valence-corrected chi connectivity index (χ4v) is 2.92. The van der Waals surface area contributed by atoms with Gasteiger partial charge in [-0.05, 0) is 38.2 Å². The van der Waals surface area contributed by atoms with Crippen molar-refractivity contribution >= 4 is 23.4 Å². The molecule has 1 unspecified atom stereocenters. The van der Waals surface area contributed by atoms with Crippen LogP contribution in [0, 0.1) is 11.7 Å². The fourth-order valence-electron chi connectivity index (χ4n) is 2.55. The van der Waals surface area contributed by atoms with E-state index >= 15 is 0 Å². The lowest BCUT2D eigenvalue weighted by Gasteiger charge is -2.13. The molecule has 1 atom stereocenters. The summed E-state index contributed by atoms with van der Waals surface area (Å²) in [5.74, 6) is 0.961. The van der Waals surface area contributed by atoms with Gasteiger partial charge in [0.05, 0.1) is 12.0 Å². The predicted octanol–water partition coefficient (Wildman–Crippen LogP) is 3.14. The van der Waals surface area contributed by atoms with Gasteiger partial charge in [-0.1, -0.05) is 0 Å². The number of H-pyrrole nitrogens is 1. The summed E-state index contributed by atoms with van der Waals surface area (Å²) in [6.45, 7) is 4.11. The summed E-state index contributed by atoms with van der Waals surface area (Å²) in [4.78, 5) is 3.24. The zero-order valence-corrected chi connectivity index (χ0v) is 12.0. The van der Waals surface area contributed by atoms with E-state index < -0.39 is 0 Å². The second-order valence-electron chi connectivity index (χ2n) is 4.84. The van der Waals surface area contributed by atoms with Gasteiger partial charge in [0.2, 0.25) is 0 Å². The number of furan rings is 1. The molecule has 0 fully saturated rings. The second kappa shape index (κ2) is 4.38. The number of nitrogens with one attached hydrogen (secondary N) is 1. The number of imidazole rings is 1. The zero-order valence-electron chi connectivity index (χ0n) is 11.2. The van der Waals surface area contributed by atoms with Gasteiger partial charge in [0.15, 0.2) is 10.4 Å². The second-order valence-corrected chi connectivity index (χ2v) is 5.23. The molecule has 0 amide bonds. The van der Waals surface area contributed by atoms with Crippen LogP contribution in [0.5, 0.6) is 0 Å². The van der Waals surface area contributed by atoms with Gasteiger partial charge in [-0.25, -0.2) is 0 Å². The van der Waals surface area contributed by atoms with Gasteiger partial charge in [-0.15, -0.1) is 0 Å². The Morgan fingerprint density at radius 2 is 2.32 bits per heavy atom. The van der Waals surface area contributed by atoms with Crippen molar-refractivity contribution in [3.05, 3.63) is 34.6 Å². The van der Waals surface area contributed by atoms with E-state index in [0.717, 1.165) is 33.8 Å². The number of nitrogens with zero attached hydrogens (tertiary/aromatic N) is 3. The monoisotopic (exact) mass is 276 g/mol. The molecule has 6 heteroatoms. The number of hydrogen-bond acceptors (Lipinski definition) is 3. The van der Waals surface area contributed by atoms with Crippen LogP contribution >= 0.6 is 12.2 Å². The minimum Gasteiger partial charge on any atom is -0.469 e. The molecular weight excluding hydrogens is 260 g/mol. The van der Waals surface area contributed by atoms with Crippen molar-refractivity contribution < 1.29 is 4.42 Å². The highest BCUT2D eigenvalue weighted by Crippen LogP contribution is 2.23. The largest absolute Gasteiger partial charge is 0.469 e. The molecule has 5 nitrogen and oxygen atoms in total. The van der Waals surface area contributed by atoms with E-state index in [4.69, 9.17) is 16.6 Å². The van der Waals surface area contributed by atoms with Crippen molar-refractivity contribution in [2.24, 2.45) is 7.05 Å². The summed E-state index contributed by atoms with van der Waals surface area (Å²) in [5.41, 5.74) is 3.01. The molecule has 3 aromatic heterocycles. The van der Waals surface area contributed by atoms with Gasteiger partial charge in [0.25, 0.3) is 0 Å². The van der Waals surface area contributed by atoms with Crippen LogP contribution in [-0.4, -0.2) is 19.3 Å². The zero-order chi connectivity index (χ0) is 13.6. The average molecular weight is 276 g/mol. The maximum absolute atomic E-state index is 5.43. The molecule has 0 saturated heterocycles. The standard InChI is InChI=1S/C13H16N4OS/c1-8(7-10-5-4-6-18-10)17-12-11(14-13(17)19)9(2)15-16(12)3/h4-6,8H,7H2,1-3H3,(H,14,19). The Morgan fingerprint density at radius 1 is 1.53 bits per heavy atom. The van der Waals surface area contributed by atoms with Crippen LogP contribution in [-0.2, 0) is 13.5 Å². The van der Waals surface area contributed by atoms with Crippen LogP contribution in [0.2, 0.25) is 0 Å². The van der Waals surface area contributed by atoms with E-state index in [1.165, 1.54) is 0 Å². The molecule has 1 N–H and O–H groups in total. The Kier molecular flexibility index (Phi) is 2.82. The maximum atomic E-state index is 5.43. The van der Waals surface area contributed by atoms with Crippen molar-refractivity contribution in [2.75, 3.05) is 0 Å². The van der Waals surface area contributed by atoms with Crippen LogP contribution in [0.3, 0.4) is 0 Å². The Hall–Kier alpha value is -1.82. The lowest BCUT2D eigenvalue weighted by Crippen LogP contribution is -2.10. The molecule has 0 bridgehead atoms. The van der Waals surface area contributed by atoms with Crippen molar-refractivity contribution in [2.45, 2.75) is 26.3 Å². The smallest absolute Gasteiger partial charge is 0.179 e. The fraction of sp³-hybridized carbons (Fsp3) is 0.385. The SMILES string of the molecule is Cc1nn(C)c2c1[nH]c(=S)n2C(C)Cc1ccco1. The van der Waals surface area contributed by atoms with E-state index in [1.54, 1.807) is 6.26 Å². The Bertz CT molecular complexity index is 763. The number of rotatable bonds is 3. The van der Waals surface area contributed by atoms with E-state index in [2.05, 4.69) is 21.6 Å². The molecule has 100 valence electrons. The Labute approximate surface area is 115 Å². The molecule has 0 aliphatic carbocycles. The summed E-state index contributed by atoms with van der Waals surface area (Å²) in [6.07, 6.45) is 2.50. The summed E-state index contributed by atoms with van der Waals surface area (Å²) < 4.78 is 10.1. The number of hydrogen-bond donors (Lipinski definition) is 1. The molecule has 0 spiro atoms. The predicted molar refractivity (Wildman–Crippen MR) is 75.7 cm³/mol. The van der Waals surface area contributed by atoms with Gasteiger partial charge in [-0.3, -0.25) is 9.25 Å². The van der Waals surface area contributed by atoms with Gasteiger partial charge in [0, 0.05) is 19.5 Å². The molecule has 0 aliphatic rings. The van der Waals surface area contributed by atoms with Crippen LogP contribution in [0.25, 0.3) is 11.2 Å². The average Bonchev–Trinajstić information content (AvgIpc) is 3.00. The molecule has 0 aromatic carbocycles. The van der Waals surface area contributed by atoms with E-state index in [1.807, 2.05) is 30.8 Å². The Morgan fingerprint density at radius 3 is 3.00 bits per heavy atom. The minimum absolute atomic E-state index is 0.210. The third-order valence-corrected chi connectivity index (χ3v) is 3.69. The highest BCUT2D eigenvalue weighted by Gasteiger charge is 2.17. The van der Waals surface area contributed by atoms with Crippen molar-refractivity contribution in [1.29, 1.82) is 0 Å².